The average molecular weight is 319 g/mol. The highest BCUT2D eigenvalue weighted by molar-refractivity contribution is 5.79. The van der Waals surface area contributed by atoms with Gasteiger partial charge in [0, 0.05) is 0 Å². The Hall–Kier alpha value is -2.25. The molecule has 2 N–H and O–H groups in total. The molecule has 0 heterocycles. The molecule has 1 aromatic carbocycles. The number of alkyl halides is 3. The van der Waals surface area contributed by atoms with E-state index >= 15 is 0 Å². The second kappa shape index (κ2) is 7.67. The Bertz CT molecular complexity index is 505. The fraction of sp³-hybridized carbons (Fsp3) is 0.429. The molecule has 1 aromatic rings. The quantitative estimate of drug-likeness (QED) is 0.845. The van der Waals surface area contributed by atoms with Gasteiger partial charge in [-0.3, -0.25) is 0 Å². The maximum Gasteiger partial charge on any atom is 0.408 e. The molecule has 0 unspecified atom stereocenters. The standard InChI is InChI=1S/C14H16F3NO4/c1-9(14(15,16)17)7-11(12(19)20)18-13(21)22-8-10-5-3-2-4-6-10/h2-6,9,11H,7-8H2,1H3,(H,18,21)(H,19,20)/t9-,11+/m1/s1. The summed E-state index contributed by atoms with van der Waals surface area (Å²) >= 11 is 0. The predicted molar refractivity (Wildman–Crippen MR) is 71.0 cm³/mol. The van der Waals surface area contributed by atoms with Gasteiger partial charge in [-0.25, -0.2) is 9.59 Å². The molecule has 0 radical (unpaired) electrons. The van der Waals surface area contributed by atoms with Crippen LogP contribution in [-0.2, 0) is 16.1 Å². The number of halogens is 3. The SMILES string of the molecule is C[C@H](C[C@H](NC(=O)OCc1ccccc1)C(=O)O)C(F)(F)F. The lowest BCUT2D eigenvalue weighted by Crippen LogP contribution is -2.43. The van der Waals surface area contributed by atoms with Gasteiger partial charge in [-0.15, -0.1) is 0 Å². The summed E-state index contributed by atoms with van der Waals surface area (Å²) in [6, 6.07) is 6.92. The zero-order valence-electron chi connectivity index (χ0n) is 11.8. The highest BCUT2D eigenvalue weighted by atomic mass is 19.4. The number of alkyl carbamates (subject to hydrolysis) is 1. The highest BCUT2D eigenvalue weighted by Crippen LogP contribution is 2.29. The van der Waals surface area contributed by atoms with Gasteiger partial charge in [0.15, 0.2) is 0 Å². The molecule has 22 heavy (non-hydrogen) atoms. The molecule has 122 valence electrons. The van der Waals surface area contributed by atoms with Gasteiger partial charge in [0.2, 0.25) is 0 Å². The molecule has 0 aliphatic rings. The van der Waals surface area contributed by atoms with Gasteiger partial charge in [-0.1, -0.05) is 37.3 Å². The van der Waals surface area contributed by atoms with Crippen LogP contribution in [0.2, 0.25) is 0 Å². The summed E-state index contributed by atoms with van der Waals surface area (Å²) in [6.45, 7) is 0.751. The van der Waals surface area contributed by atoms with Crippen molar-refractivity contribution in [2.45, 2.75) is 32.2 Å². The van der Waals surface area contributed by atoms with Gasteiger partial charge in [0.05, 0.1) is 5.92 Å². The number of nitrogens with one attached hydrogen (secondary N) is 1. The minimum Gasteiger partial charge on any atom is -0.480 e. The van der Waals surface area contributed by atoms with Crippen LogP contribution in [0.4, 0.5) is 18.0 Å². The van der Waals surface area contributed by atoms with Crippen molar-refractivity contribution < 1.29 is 32.6 Å². The van der Waals surface area contributed by atoms with Crippen LogP contribution in [0.3, 0.4) is 0 Å². The van der Waals surface area contributed by atoms with Crippen molar-refractivity contribution in [3.8, 4) is 0 Å². The molecule has 0 spiro atoms. The molecule has 0 aliphatic carbocycles. The Morgan fingerprint density at radius 2 is 1.86 bits per heavy atom. The molecule has 0 aliphatic heterocycles. The molecular weight excluding hydrogens is 303 g/mol. The van der Waals surface area contributed by atoms with E-state index in [2.05, 4.69) is 0 Å². The van der Waals surface area contributed by atoms with E-state index in [4.69, 9.17) is 9.84 Å². The molecular formula is C14H16F3NO4. The molecule has 0 bridgehead atoms. The van der Waals surface area contributed by atoms with E-state index in [0.717, 1.165) is 6.92 Å². The number of ether oxygens (including phenoxy) is 1. The van der Waals surface area contributed by atoms with Crippen LogP contribution in [0.25, 0.3) is 0 Å². The maximum absolute atomic E-state index is 12.4. The third-order valence-corrected chi connectivity index (χ3v) is 2.95. The minimum atomic E-state index is -4.52. The molecule has 2 atom stereocenters. The smallest absolute Gasteiger partial charge is 0.408 e. The van der Waals surface area contributed by atoms with Gasteiger partial charge in [0.25, 0.3) is 0 Å². The Morgan fingerprint density at radius 3 is 2.36 bits per heavy atom. The second-order valence-corrected chi connectivity index (χ2v) is 4.78. The van der Waals surface area contributed by atoms with Gasteiger partial charge in [-0.2, -0.15) is 13.2 Å². The summed E-state index contributed by atoms with van der Waals surface area (Å²) in [5.41, 5.74) is 0.674. The van der Waals surface area contributed by atoms with Crippen molar-refractivity contribution in [3.05, 3.63) is 35.9 Å². The molecule has 1 rings (SSSR count). The van der Waals surface area contributed by atoms with E-state index in [9.17, 15) is 22.8 Å². The third-order valence-electron chi connectivity index (χ3n) is 2.95. The Labute approximate surface area is 125 Å². The number of carboxylic acids is 1. The van der Waals surface area contributed by atoms with Crippen LogP contribution in [-0.4, -0.2) is 29.4 Å². The fourth-order valence-corrected chi connectivity index (χ4v) is 1.62. The number of rotatable bonds is 6. The fourth-order valence-electron chi connectivity index (χ4n) is 1.62. The monoisotopic (exact) mass is 319 g/mol. The normalized spacial score (nSPS) is 14.0. The first kappa shape index (κ1) is 17.8. The van der Waals surface area contributed by atoms with Crippen LogP contribution in [0.5, 0.6) is 0 Å². The van der Waals surface area contributed by atoms with E-state index in [0.29, 0.717) is 5.56 Å². The highest BCUT2D eigenvalue weighted by Gasteiger charge is 2.39. The number of carboxylic acid groups (broad SMARTS) is 1. The molecule has 5 nitrogen and oxygen atoms in total. The van der Waals surface area contributed by atoms with Gasteiger partial charge in [0.1, 0.15) is 12.6 Å². The van der Waals surface area contributed by atoms with Crippen LogP contribution < -0.4 is 5.32 Å². The zero-order chi connectivity index (χ0) is 16.8. The number of carbonyl (C=O) groups is 2. The Morgan fingerprint density at radius 1 is 1.27 bits per heavy atom. The van der Waals surface area contributed by atoms with E-state index in [-0.39, 0.29) is 6.61 Å². The Balaban J connectivity index is 2.52. The summed E-state index contributed by atoms with van der Waals surface area (Å²) in [7, 11) is 0. The number of aliphatic carboxylic acids is 1. The van der Waals surface area contributed by atoms with Crippen LogP contribution in [0, 0.1) is 5.92 Å². The van der Waals surface area contributed by atoms with Gasteiger partial charge < -0.3 is 15.2 Å². The summed E-state index contributed by atoms with van der Waals surface area (Å²) in [4.78, 5) is 22.4. The number of benzene rings is 1. The first-order valence-electron chi connectivity index (χ1n) is 6.47. The van der Waals surface area contributed by atoms with Crippen LogP contribution >= 0.6 is 0 Å². The summed E-state index contributed by atoms with van der Waals surface area (Å²) in [6.07, 6.45) is -6.37. The number of carbonyl (C=O) groups excluding carboxylic acids is 1. The van der Waals surface area contributed by atoms with Crippen molar-refractivity contribution in [3.63, 3.8) is 0 Å². The lowest BCUT2D eigenvalue weighted by molar-refractivity contribution is -0.174. The Kier molecular flexibility index (Phi) is 6.21. The van der Waals surface area contributed by atoms with Crippen molar-refractivity contribution >= 4 is 12.1 Å². The summed E-state index contributed by atoms with van der Waals surface area (Å²) in [5.74, 6) is -3.41. The minimum absolute atomic E-state index is 0.103. The summed E-state index contributed by atoms with van der Waals surface area (Å²) in [5, 5.41) is 10.8. The van der Waals surface area contributed by atoms with Crippen LogP contribution in [0.15, 0.2) is 30.3 Å². The zero-order valence-corrected chi connectivity index (χ0v) is 11.8. The van der Waals surface area contributed by atoms with Crippen molar-refractivity contribution in [1.29, 1.82) is 0 Å². The average Bonchev–Trinajstić information content (AvgIpc) is 2.44. The second-order valence-electron chi connectivity index (χ2n) is 4.78. The largest absolute Gasteiger partial charge is 0.480 e. The van der Waals surface area contributed by atoms with Crippen molar-refractivity contribution in [2.24, 2.45) is 5.92 Å². The van der Waals surface area contributed by atoms with E-state index < -0.39 is 36.6 Å². The van der Waals surface area contributed by atoms with E-state index in [1.807, 2.05) is 5.32 Å². The van der Waals surface area contributed by atoms with Crippen LogP contribution in [0.1, 0.15) is 18.9 Å². The number of amides is 1. The first-order valence-corrected chi connectivity index (χ1v) is 6.47. The number of hydrogen-bond donors (Lipinski definition) is 2. The predicted octanol–water partition coefficient (Wildman–Crippen LogP) is 2.95. The molecule has 0 fully saturated rings. The maximum atomic E-state index is 12.4. The summed E-state index contributed by atoms with van der Waals surface area (Å²) < 4.78 is 42.1. The lowest BCUT2D eigenvalue weighted by atomic mass is 10.0. The topological polar surface area (TPSA) is 75.6 Å². The first-order chi connectivity index (χ1) is 10.2. The molecule has 0 saturated heterocycles. The van der Waals surface area contributed by atoms with Crippen molar-refractivity contribution in [2.75, 3.05) is 0 Å². The van der Waals surface area contributed by atoms with E-state index in [1.54, 1.807) is 30.3 Å². The third kappa shape index (κ3) is 6.02. The molecule has 0 saturated carbocycles. The molecule has 1 amide bonds. The molecule has 0 aromatic heterocycles. The van der Waals surface area contributed by atoms with Gasteiger partial charge >= 0.3 is 18.2 Å². The van der Waals surface area contributed by atoms with Gasteiger partial charge in [-0.05, 0) is 12.0 Å². The molecule has 8 heteroatoms. The van der Waals surface area contributed by atoms with E-state index in [1.165, 1.54) is 0 Å². The van der Waals surface area contributed by atoms with Crippen molar-refractivity contribution in [1.82, 2.24) is 5.32 Å². The lowest BCUT2D eigenvalue weighted by Gasteiger charge is -2.20. The number of hydrogen-bond acceptors (Lipinski definition) is 3.